The molecule has 0 amide bonds. The van der Waals surface area contributed by atoms with Crippen LogP contribution in [0.25, 0.3) is 11.3 Å². The van der Waals surface area contributed by atoms with Crippen LogP contribution in [0.15, 0.2) is 42.5 Å². The van der Waals surface area contributed by atoms with Crippen LogP contribution in [0, 0.1) is 11.8 Å². The highest BCUT2D eigenvalue weighted by Crippen LogP contribution is 2.33. The molecular formula is C21H28N4. The lowest BCUT2D eigenvalue weighted by molar-refractivity contribution is 0.0647. The second-order valence-electron chi connectivity index (χ2n) is 7.68. The summed E-state index contributed by atoms with van der Waals surface area (Å²) in [7, 11) is 0. The molecule has 1 aliphatic heterocycles. The van der Waals surface area contributed by atoms with Gasteiger partial charge in [-0.3, -0.25) is 0 Å². The SMILES string of the molecule is Nc1cccc(-c2ccc(CCN3CC4CCCC(C3)C4N)cc2)n1. The molecule has 1 aromatic heterocycles. The van der Waals surface area contributed by atoms with Gasteiger partial charge in [0.05, 0.1) is 5.69 Å². The first-order valence-corrected chi connectivity index (χ1v) is 9.49. The highest BCUT2D eigenvalue weighted by Gasteiger charge is 2.36. The largest absolute Gasteiger partial charge is 0.384 e. The van der Waals surface area contributed by atoms with Gasteiger partial charge in [0.1, 0.15) is 5.82 Å². The van der Waals surface area contributed by atoms with Gasteiger partial charge >= 0.3 is 0 Å². The van der Waals surface area contributed by atoms with Crippen molar-refractivity contribution >= 4 is 5.82 Å². The van der Waals surface area contributed by atoms with Gasteiger partial charge in [0.2, 0.25) is 0 Å². The second kappa shape index (κ2) is 7.14. The van der Waals surface area contributed by atoms with E-state index in [0.29, 0.717) is 23.7 Å². The Morgan fingerprint density at radius 3 is 2.40 bits per heavy atom. The van der Waals surface area contributed by atoms with Gasteiger partial charge in [-0.05, 0) is 48.8 Å². The molecule has 4 heteroatoms. The van der Waals surface area contributed by atoms with Crippen molar-refractivity contribution in [3.63, 3.8) is 0 Å². The monoisotopic (exact) mass is 336 g/mol. The quantitative estimate of drug-likeness (QED) is 0.901. The third kappa shape index (κ3) is 3.70. The molecule has 1 saturated carbocycles. The van der Waals surface area contributed by atoms with Gasteiger partial charge in [-0.1, -0.05) is 36.8 Å². The number of hydrogen-bond acceptors (Lipinski definition) is 4. The lowest BCUT2D eigenvalue weighted by Gasteiger charge is -2.46. The molecule has 2 atom stereocenters. The number of rotatable bonds is 4. The maximum absolute atomic E-state index is 6.39. The summed E-state index contributed by atoms with van der Waals surface area (Å²) in [5.41, 5.74) is 15.6. The van der Waals surface area contributed by atoms with E-state index in [1.54, 1.807) is 0 Å². The minimum absolute atomic E-state index is 0.440. The Morgan fingerprint density at radius 1 is 1.00 bits per heavy atom. The van der Waals surface area contributed by atoms with Gasteiger partial charge in [0.15, 0.2) is 0 Å². The summed E-state index contributed by atoms with van der Waals surface area (Å²) in [5, 5.41) is 0. The topological polar surface area (TPSA) is 68.2 Å². The zero-order valence-corrected chi connectivity index (χ0v) is 14.8. The molecule has 4 rings (SSSR count). The van der Waals surface area contributed by atoms with Crippen LogP contribution in [0.3, 0.4) is 0 Å². The first-order chi connectivity index (χ1) is 12.2. The average molecular weight is 336 g/mol. The number of nitrogens with two attached hydrogens (primary N) is 2. The number of pyridine rings is 1. The van der Waals surface area contributed by atoms with Crippen LogP contribution in [0.2, 0.25) is 0 Å². The summed E-state index contributed by atoms with van der Waals surface area (Å²) in [5.74, 6) is 1.99. The van der Waals surface area contributed by atoms with Gasteiger partial charge in [-0.25, -0.2) is 4.98 Å². The van der Waals surface area contributed by atoms with E-state index in [0.717, 1.165) is 24.2 Å². The summed E-state index contributed by atoms with van der Waals surface area (Å²) < 4.78 is 0. The van der Waals surface area contributed by atoms with E-state index < -0.39 is 0 Å². The van der Waals surface area contributed by atoms with Crippen molar-refractivity contribution < 1.29 is 0 Å². The first-order valence-electron chi connectivity index (χ1n) is 9.49. The molecular weight excluding hydrogens is 308 g/mol. The Hall–Kier alpha value is -1.91. The molecule has 2 aromatic rings. The molecule has 2 aliphatic rings. The van der Waals surface area contributed by atoms with Gasteiger partial charge < -0.3 is 16.4 Å². The molecule has 25 heavy (non-hydrogen) atoms. The standard InChI is InChI=1S/C21H28N4/c22-20-6-2-5-19(24-20)16-9-7-15(8-10-16)11-12-25-13-17-3-1-4-18(14-25)21(17)23/h2,5-10,17-18,21H,1,3-4,11-14,23H2,(H2,22,24). The molecule has 1 aromatic carbocycles. The lowest BCUT2D eigenvalue weighted by Crippen LogP contribution is -2.55. The molecule has 0 radical (unpaired) electrons. The predicted molar refractivity (Wildman–Crippen MR) is 103 cm³/mol. The number of aromatic nitrogens is 1. The fourth-order valence-corrected chi connectivity index (χ4v) is 4.50. The predicted octanol–water partition coefficient (Wildman–Crippen LogP) is 2.93. The van der Waals surface area contributed by atoms with E-state index in [1.165, 1.54) is 37.9 Å². The van der Waals surface area contributed by atoms with Crippen LogP contribution in [-0.4, -0.2) is 35.6 Å². The number of fused-ring (bicyclic) bond motifs is 2. The van der Waals surface area contributed by atoms with Crippen molar-refractivity contribution in [2.75, 3.05) is 25.4 Å². The fourth-order valence-electron chi connectivity index (χ4n) is 4.50. The maximum Gasteiger partial charge on any atom is 0.124 e. The molecule has 2 fully saturated rings. The minimum Gasteiger partial charge on any atom is -0.384 e. The number of hydrogen-bond donors (Lipinski definition) is 2. The number of likely N-dealkylation sites (tertiary alicyclic amines) is 1. The third-order valence-electron chi connectivity index (χ3n) is 5.96. The summed E-state index contributed by atoms with van der Waals surface area (Å²) in [6.45, 7) is 3.50. The molecule has 1 aliphatic carbocycles. The highest BCUT2D eigenvalue weighted by atomic mass is 15.1. The Morgan fingerprint density at radius 2 is 1.72 bits per heavy atom. The molecule has 132 valence electrons. The number of benzene rings is 1. The van der Waals surface area contributed by atoms with Crippen LogP contribution < -0.4 is 11.5 Å². The minimum atomic E-state index is 0.440. The van der Waals surface area contributed by atoms with E-state index in [1.807, 2.05) is 18.2 Å². The zero-order chi connectivity index (χ0) is 17.2. The number of anilines is 1. The molecule has 1 saturated heterocycles. The van der Waals surface area contributed by atoms with Crippen LogP contribution >= 0.6 is 0 Å². The Kier molecular flexibility index (Phi) is 4.73. The van der Waals surface area contributed by atoms with Crippen molar-refractivity contribution in [2.45, 2.75) is 31.7 Å². The Bertz CT molecular complexity index is 698. The van der Waals surface area contributed by atoms with E-state index in [-0.39, 0.29) is 0 Å². The molecule has 2 unspecified atom stereocenters. The number of nitrogens with zero attached hydrogens (tertiary/aromatic N) is 2. The molecule has 0 spiro atoms. The van der Waals surface area contributed by atoms with E-state index in [4.69, 9.17) is 11.5 Å². The number of piperidine rings is 1. The van der Waals surface area contributed by atoms with Crippen LogP contribution in [0.1, 0.15) is 24.8 Å². The van der Waals surface area contributed by atoms with Crippen LogP contribution in [-0.2, 0) is 6.42 Å². The average Bonchev–Trinajstić information content (AvgIpc) is 2.61. The van der Waals surface area contributed by atoms with Crippen LogP contribution in [0.4, 0.5) is 5.82 Å². The van der Waals surface area contributed by atoms with E-state index >= 15 is 0 Å². The van der Waals surface area contributed by atoms with E-state index in [9.17, 15) is 0 Å². The summed E-state index contributed by atoms with van der Waals surface area (Å²) in [6, 6.07) is 14.9. The second-order valence-corrected chi connectivity index (χ2v) is 7.68. The van der Waals surface area contributed by atoms with Gasteiger partial charge in [0.25, 0.3) is 0 Å². The van der Waals surface area contributed by atoms with Crippen molar-refractivity contribution in [1.29, 1.82) is 0 Å². The van der Waals surface area contributed by atoms with Crippen molar-refractivity contribution in [3.8, 4) is 11.3 Å². The molecule has 2 bridgehead atoms. The summed E-state index contributed by atoms with van der Waals surface area (Å²) in [6.07, 6.45) is 5.10. The molecule has 4 nitrogen and oxygen atoms in total. The smallest absolute Gasteiger partial charge is 0.124 e. The van der Waals surface area contributed by atoms with Crippen LogP contribution in [0.5, 0.6) is 0 Å². The first kappa shape index (κ1) is 16.6. The Balaban J connectivity index is 1.36. The normalized spacial score (nSPS) is 26.5. The van der Waals surface area contributed by atoms with Crippen molar-refractivity contribution in [3.05, 3.63) is 48.0 Å². The summed E-state index contributed by atoms with van der Waals surface area (Å²) >= 11 is 0. The number of nitrogen functional groups attached to an aromatic ring is 1. The third-order valence-corrected chi connectivity index (χ3v) is 5.96. The van der Waals surface area contributed by atoms with E-state index in [2.05, 4.69) is 34.1 Å². The molecule has 2 heterocycles. The maximum atomic E-state index is 6.39. The Labute approximate surface area is 150 Å². The van der Waals surface area contributed by atoms with Gasteiger partial charge in [0, 0.05) is 31.2 Å². The summed E-state index contributed by atoms with van der Waals surface area (Å²) in [4.78, 5) is 7.02. The van der Waals surface area contributed by atoms with Crippen molar-refractivity contribution in [1.82, 2.24) is 9.88 Å². The highest BCUT2D eigenvalue weighted by molar-refractivity contribution is 5.61. The van der Waals surface area contributed by atoms with Gasteiger partial charge in [-0.15, -0.1) is 0 Å². The lowest BCUT2D eigenvalue weighted by atomic mass is 9.74. The zero-order valence-electron chi connectivity index (χ0n) is 14.8. The fraction of sp³-hybridized carbons (Fsp3) is 0.476. The molecule has 4 N–H and O–H groups in total. The van der Waals surface area contributed by atoms with Crippen molar-refractivity contribution in [2.24, 2.45) is 17.6 Å². The van der Waals surface area contributed by atoms with Gasteiger partial charge in [-0.2, -0.15) is 0 Å².